The molecule has 0 spiro atoms. The molecule has 0 aliphatic carbocycles. The second-order valence-corrected chi connectivity index (χ2v) is 3.45. The molecule has 4 nitrogen and oxygen atoms in total. The fourth-order valence-corrected chi connectivity index (χ4v) is 1.39. The van der Waals surface area contributed by atoms with E-state index in [4.69, 9.17) is 15.7 Å². The highest BCUT2D eigenvalue weighted by Gasteiger charge is 2.00. The van der Waals surface area contributed by atoms with E-state index in [1.807, 2.05) is 30.3 Å². The third-order valence-corrected chi connectivity index (χ3v) is 2.22. The summed E-state index contributed by atoms with van der Waals surface area (Å²) in [7, 11) is 0. The van der Waals surface area contributed by atoms with Crippen LogP contribution in [0.1, 0.15) is 11.1 Å². The average Bonchev–Trinajstić information content (AvgIpc) is 2.39. The van der Waals surface area contributed by atoms with Gasteiger partial charge in [0.2, 0.25) is 5.88 Å². The number of ether oxygens (including phenoxy) is 1. The van der Waals surface area contributed by atoms with Crippen molar-refractivity contribution >= 4 is 0 Å². The summed E-state index contributed by atoms with van der Waals surface area (Å²) in [5, 5.41) is 8.76. The predicted octanol–water partition coefficient (Wildman–Crippen LogP) is 2.20. The van der Waals surface area contributed by atoms with Crippen molar-refractivity contribution in [3.63, 3.8) is 0 Å². The predicted molar refractivity (Wildman–Crippen MR) is 63.4 cm³/mol. The van der Waals surface area contributed by atoms with Gasteiger partial charge in [0, 0.05) is 18.8 Å². The molecule has 0 saturated heterocycles. The molecule has 0 radical (unpaired) electrons. The Balaban J connectivity index is 2.22. The topological polar surface area (TPSA) is 71.9 Å². The van der Waals surface area contributed by atoms with Crippen molar-refractivity contribution in [1.82, 2.24) is 4.98 Å². The maximum atomic E-state index is 8.76. The van der Waals surface area contributed by atoms with Gasteiger partial charge in [0.1, 0.15) is 5.75 Å². The fourth-order valence-electron chi connectivity index (χ4n) is 1.39. The molecule has 1 aromatic carbocycles. The number of nitrogens with two attached hydrogens (primary N) is 1. The van der Waals surface area contributed by atoms with Crippen molar-refractivity contribution in [2.75, 3.05) is 0 Å². The van der Waals surface area contributed by atoms with Crippen molar-refractivity contribution in [2.45, 2.75) is 6.54 Å². The third kappa shape index (κ3) is 2.80. The van der Waals surface area contributed by atoms with Crippen molar-refractivity contribution < 1.29 is 4.74 Å². The summed E-state index contributed by atoms with van der Waals surface area (Å²) in [4.78, 5) is 4.03. The normalized spacial score (nSPS) is 9.65. The summed E-state index contributed by atoms with van der Waals surface area (Å²) in [5.41, 5.74) is 7.05. The molecule has 4 heteroatoms. The summed E-state index contributed by atoms with van der Waals surface area (Å²) >= 11 is 0. The van der Waals surface area contributed by atoms with Crippen LogP contribution in [0.15, 0.2) is 42.6 Å². The molecular formula is C13H11N3O. The number of nitriles is 1. The third-order valence-electron chi connectivity index (χ3n) is 2.22. The number of benzene rings is 1. The van der Waals surface area contributed by atoms with Gasteiger partial charge in [-0.2, -0.15) is 5.26 Å². The summed E-state index contributed by atoms with van der Waals surface area (Å²) < 4.78 is 5.55. The Morgan fingerprint density at radius 1 is 1.29 bits per heavy atom. The Labute approximate surface area is 99.3 Å². The Morgan fingerprint density at radius 2 is 2.18 bits per heavy atom. The first-order valence-corrected chi connectivity index (χ1v) is 5.15. The van der Waals surface area contributed by atoms with Crippen LogP contribution in [0, 0.1) is 11.3 Å². The van der Waals surface area contributed by atoms with Gasteiger partial charge < -0.3 is 10.5 Å². The molecule has 2 rings (SSSR count). The van der Waals surface area contributed by atoms with Gasteiger partial charge in [-0.15, -0.1) is 0 Å². The molecule has 0 atom stereocenters. The van der Waals surface area contributed by atoms with Gasteiger partial charge in [0.25, 0.3) is 0 Å². The highest BCUT2D eigenvalue weighted by atomic mass is 16.5. The van der Waals surface area contributed by atoms with Crippen LogP contribution in [0.25, 0.3) is 0 Å². The number of pyridine rings is 1. The van der Waals surface area contributed by atoms with Gasteiger partial charge in [0.15, 0.2) is 0 Å². The monoisotopic (exact) mass is 225 g/mol. The zero-order valence-corrected chi connectivity index (χ0v) is 9.13. The summed E-state index contributed by atoms with van der Waals surface area (Å²) in [6.45, 7) is 0.461. The van der Waals surface area contributed by atoms with E-state index in [0.29, 0.717) is 23.7 Å². The highest BCUT2D eigenvalue weighted by Crippen LogP contribution is 2.20. The largest absolute Gasteiger partial charge is 0.439 e. The van der Waals surface area contributed by atoms with Crippen molar-refractivity contribution in [2.24, 2.45) is 5.73 Å². The smallest absolute Gasteiger partial charge is 0.220 e. The lowest BCUT2D eigenvalue weighted by molar-refractivity contribution is 0.462. The molecule has 84 valence electrons. The van der Waals surface area contributed by atoms with Gasteiger partial charge in [0.05, 0.1) is 11.6 Å². The molecule has 17 heavy (non-hydrogen) atoms. The van der Waals surface area contributed by atoms with Crippen molar-refractivity contribution in [1.29, 1.82) is 5.26 Å². The lowest BCUT2D eigenvalue weighted by Crippen LogP contribution is -1.96. The van der Waals surface area contributed by atoms with E-state index in [-0.39, 0.29) is 0 Å². The van der Waals surface area contributed by atoms with Crippen LogP contribution in [-0.4, -0.2) is 4.98 Å². The first-order chi connectivity index (χ1) is 8.31. The summed E-state index contributed by atoms with van der Waals surface area (Å²) in [6.07, 6.45) is 1.54. The van der Waals surface area contributed by atoms with Crippen LogP contribution in [0.2, 0.25) is 0 Å². The second kappa shape index (κ2) is 5.10. The lowest BCUT2D eigenvalue weighted by Gasteiger charge is -2.05. The molecule has 0 unspecified atom stereocenters. The minimum absolute atomic E-state index is 0.401. The number of hydrogen-bond donors (Lipinski definition) is 1. The molecule has 0 aliphatic heterocycles. The highest BCUT2D eigenvalue weighted by molar-refractivity contribution is 5.35. The maximum absolute atomic E-state index is 8.76. The molecule has 0 fully saturated rings. The molecule has 1 aromatic heterocycles. The Bertz CT molecular complexity index is 561. The summed E-state index contributed by atoms with van der Waals surface area (Å²) in [6, 6.07) is 12.7. The van der Waals surface area contributed by atoms with Crippen LogP contribution in [0.4, 0.5) is 0 Å². The lowest BCUT2D eigenvalue weighted by atomic mass is 10.2. The zero-order chi connectivity index (χ0) is 12.1. The molecule has 2 N–H and O–H groups in total. The number of nitrogens with zero attached hydrogens (tertiary/aromatic N) is 2. The quantitative estimate of drug-likeness (QED) is 0.869. The first-order valence-electron chi connectivity index (χ1n) is 5.15. The van der Waals surface area contributed by atoms with E-state index in [9.17, 15) is 0 Å². The molecular weight excluding hydrogens is 214 g/mol. The SMILES string of the molecule is N#Cc1ccnc(Oc2cccc(CN)c2)c1. The molecule has 0 amide bonds. The molecule has 0 bridgehead atoms. The van der Waals surface area contributed by atoms with Crippen LogP contribution < -0.4 is 10.5 Å². The van der Waals surface area contributed by atoms with Crippen molar-refractivity contribution in [3.05, 3.63) is 53.7 Å². The van der Waals surface area contributed by atoms with Gasteiger partial charge in [-0.3, -0.25) is 0 Å². The first kappa shape index (κ1) is 11.1. The zero-order valence-electron chi connectivity index (χ0n) is 9.13. The minimum Gasteiger partial charge on any atom is -0.439 e. The van der Waals surface area contributed by atoms with Crippen LogP contribution in [-0.2, 0) is 6.54 Å². The Morgan fingerprint density at radius 3 is 2.94 bits per heavy atom. The van der Waals surface area contributed by atoms with Gasteiger partial charge in [-0.05, 0) is 23.8 Å². The van der Waals surface area contributed by atoms with Gasteiger partial charge in [-0.25, -0.2) is 4.98 Å². The second-order valence-electron chi connectivity index (χ2n) is 3.45. The van der Waals surface area contributed by atoms with E-state index in [0.717, 1.165) is 5.56 Å². The number of aromatic nitrogens is 1. The maximum Gasteiger partial charge on any atom is 0.220 e. The van der Waals surface area contributed by atoms with E-state index in [1.165, 1.54) is 0 Å². The van der Waals surface area contributed by atoms with Crippen LogP contribution >= 0.6 is 0 Å². The Kier molecular flexibility index (Phi) is 3.34. The van der Waals surface area contributed by atoms with Crippen LogP contribution in [0.5, 0.6) is 11.6 Å². The van der Waals surface area contributed by atoms with E-state index in [1.54, 1.807) is 18.3 Å². The number of hydrogen-bond acceptors (Lipinski definition) is 4. The molecule has 0 aliphatic rings. The summed E-state index contributed by atoms with van der Waals surface area (Å²) in [5.74, 6) is 1.06. The molecule has 2 aromatic rings. The molecule has 1 heterocycles. The van der Waals surface area contributed by atoms with Gasteiger partial charge in [-0.1, -0.05) is 12.1 Å². The van der Waals surface area contributed by atoms with Crippen LogP contribution in [0.3, 0.4) is 0 Å². The van der Waals surface area contributed by atoms with E-state index >= 15 is 0 Å². The number of rotatable bonds is 3. The standard InChI is InChI=1S/C13H11N3O/c14-8-10-2-1-3-12(6-10)17-13-7-11(9-15)4-5-16-13/h1-7H,8,14H2. The minimum atomic E-state index is 0.401. The fraction of sp³-hybridized carbons (Fsp3) is 0.0769. The van der Waals surface area contributed by atoms with E-state index < -0.39 is 0 Å². The van der Waals surface area contributed by atoms with Crippen molar-refractivity contribution in [3.8, 4) is 17.7 Å². The average molecular weight is 225 g/mol. The molecule has 0 saturated carbocycles. The van der Waals surface area contributed by atoms with Gasteiger partial charge >= 0.3 is 0 Å². The van der Waals surface area contributed by atoms with E-state index in [2.05, 4.69) is 4.98 Å². The Hall–Kier alpha value is -2.38.